The fraction of sp³-hybridized carbons (Fsp3) is 0.323. The molecular formula is C31H34Cl2N6O4. The van der Waals surface area contributed by atoms with Crippen LogP contribution in [0.4, 0.5) is 10.5 Å². The van der Waals surface area contributed by atoms with Crippen LogP contribution < -0.4 is 10.2 Å². The predicted octanol–water partition coefficient (Wildman–Crippen LogP) is 3.95. The number of urea groups is 1. The van der Waals surface area contributed by atoms with Crippen molar-refractivity contribution in [2.24, 2.45) is 0 Å². The van der Waals surface area contributed by atoms with Crippen molar-refractivity contribution in [3.05, 3.63) is 93.5 Å². The van der Waals surface area contributed by atoms with Crippen LogP contribution in [0.15, 0.2) is 66.7 Å². The van der Waals surface area contributed by atoms with Crippen LogP contribution in [0.5, 0.6) is 5.75 Å². The van der Waals surface area contributed by atoms with Crippen LogP contribution in [0, 0.1) is 0 Å². The summed E-state index contributed by atoms with van der Waals surface area (Å²) in [6, 6.07) is 18.3. The van der Waals surface area contributed by atoms with Crippen molar-refractivity contribution < 1.29 is 19.5 Å². The molecule has 0 aromatic heterocycles. The van der Waals surface area contributed by atoms with Gasteiger partial charge in [0.15, 0.2) is 0 Å². The lowest BCUT2D eigenvalue weighted by molar-refractivity contribution is -0.187. The number of aromatic hydroxyl groups is 1. The molecule has 0 aliphatic carbocycles. The Bertz CT molecular complexity index is 1500. The number of hydrogen-bond acceptors (Lipinski definition) is 6. The largest absolute Gasteiger partial charge is 0.508 e. The number of amides is 4. The van der Waals surface area contributed by atoms with Crippen LogP contribution in [0.1, 0.15) is 16.7 Å². The van der Waals surface area contributed by atoms with E-state index in [-0.39, 0.29) is 49.7 Å². The van der Waals surface area contributed by atoms with Gasteiger partial charge in [-0.25, -0.2) is 14.8 Å². The van der Waals surface area contributed by atoms with Crippen molar-refractivity contribution in [2.45, 2.75) is 31.7 Å². The summed E-state index contributed by atoms with van der Waals surface area (Å²) in [5.74, 6) is -0.409. The van der Waals surface area contributed by atoms with Gasteiger partial charge < -0.3 is 25.1 Å². The quantitative estimate of drug-likeness (QED) is 0.413. The molecule has 2 heterocycles. The molecule has 0 radical (unpaired) electrons. The Morgan fingerprint density at radius 1 is 1.02 bits per heavy atom. The molecule has 3 aromatic rings. The van der Waals surface area contributed by atoms with E-state index in [1.807, 2.05) is 49.3 Å². The Kier molecular flexibility index (Phi) is 9.00. The molecule has 0 saturated carbocycles. The number of likely N-dealkylation sites (N-methyl/N-ethyl adjacent to an activating group) is 1. The molecule has 5 rings (SSSR count). The first-order chi connectivity index (χ1) is 20.5. The van der Waals surface area contributed by atoms with E-state index >= 15 is 0 Å². The Morgan fingerprint density at radius 3 is 2.40 bits per heavy atom. The summed E-state index contributed by atoms with van der Waals surface area (Å²) >= 11 is 12.9. The number of carbonyl (C=O) groups is 3. The van der Waals surface area contributed by atoms with Crippen molar-refractivity contribution in [1.82, 2.24) is 25.1 Å². The van der Waals surface area contributed by atoms with Gasteiger partial charge in [-0.2, -0.15) is 0 Å². The fourth-order valence-corrected chi connectivity index (χ4v) is 6.51. The lowest BCUT2D eigenvalue weighted by atomic mass is 9.98. The summed E-state index contributed by atoms with van der Waals surface area (Å²) in [7, 11) is 5.41. The highest BCUT2D eigenvalue weighted by atomic mass is 35.5. The molecule has 0 bridgehead atoms. The summed E-state index contributed by atoms with van der Waals surface area (Å²) in [5.41, 5.74) is 3.17. The third-order valence-corrected chi connectivity index (χ3v) is 8.22. The van der Waals surface area contributed by atoms with Gasteiger partial charge in [-0.05, 0) is 41.0 Å². The number of carbonyl (C=O) groups excluding carboxylic acids is 3. The minimum atomic E-state index is -0.883. The van der Waals surface area contributed by atoms with E-state index in [1.165, 1.54) is 9.91 Å². The highest BCUT2D eigenvalue weighted by Gasteiger charge is 2.50. The number of anilines is 1. The van der Waals surface area contributed by atoms with Crippen LogP contribution in [0.3, 0.4) is 0 Å². The smallest absolute Gasteiger partial charge is 0.334 e. The normalized spacial score (nSPS) is 19.0. The lowest BCUT2D eigenvalue weighted by Gasteiger charge is -2.54. The number of rotatable bonds is 7. The van der Waals surface area contributed by atoms with Crippen LogP contribution in [0.25, 0.3) is 0 Å². The number of nitrogens with one attached hydrogen (secondary N) is 1. The van der Waals surface area contributed by atoms with Gasteiger partial charge in [0.05, 0.1) is 23.8 Å². The minimum absolute atomic E-state index is 0.0662. The van der Waals surface area contributed by atoms with Crippen LogP contribution in [-0.4, -0.2) is 89.2 Å². The lowest BCUT2D eigenvalue weighted by Crippen LogP contribution is -2.76. The molecular weight excluding hydrogens is 591 g/mol. The molecule has 43 heavy (non-hydrogen) atoms. The zero-order chi connectivity index (χ0) is 30.8. The van der Waals surface area contributed by atoms with Crippen LogP contribution >= 0.6 is 23.2 Å². The molecule has 1 unspecified atom stereocenters. The second-order valence-electron chi connectivity index (χ2n) is 11.0. The number of hydrazine groups is 1. The molecule has 12 heteroatoms. The zero-order valence-electron chi connectivity index (χ0n) is 24.2. The average Bonchev–Trinajstić information content (AvgIpc) is 2.95. The molecule has 4 amide bonds. The van der Waals surface area contributed by atoms with Crippen molar-refractivity contribution >= 4 is 46.7 Å². The zero-order valence-corrected chi connectivity index (χ0v) is 25.7. The Morgan fingerprint density at radius 2 is 1.72 bits per heavy atom. The van der Waals surface area contributed by atoms with E-state index in [0.717, 1.165) is 22.4 Å². The first-order valence-electron chi connectivity index (χ1n) is 13.9. The molecule has 2 aliphatic heterocycles. The standard InChI is InChI=1S/C31H34Cl2N6O4/c1-35(2)29-22(14-23(32)15-25(29)33)17-37-18-27-38(26(30(37)42)13-20-9-11-24(40)12-10-20)28(41)19-36(3)39(27)31(43)34-16-21-7-5-4-6-8-21/h4-12,14-15,26-27,40H,13,16-19H2,1-3H3,(H,34,43)/t26-,27?/m0/s1. The molecule has 3 aromatic carbocycles. The van der Waals surface area contributed by atoms with Crippen molar-refractivity contribution in [1.29, 1.82) is 0 Å². The molecule has 2 N–H and O–H groups in total. The van der Waals surface area contributed by atoms with Gasteiger partial charge in [0.1, 0.15) is 18.0 Å². The van der Waals surface area contributed by atoms with E-state index in [4.69, 9.17) is 23.2 Å². The Labute approximate surface area is 260 Å². The first-order valence-corrected chi connectivity index (χ1v) is 14.6. The SMILES string of the molecule is CN(C)c1c(Cl)cc(Cl)cc1CN1CC2N(C(=O)CN(C)N2C(=O)NCc2ccccc2)[C@@H](Cc2ccc(O)cc2)C1=O. The minimum Gasteiger partial charge on any atom is -0.508 e. The number of phenolic OH excluding ortho intramolecular Hbond substituents is 1. The van der Waals surface area contributed by atoms with E-state index < -0.39 is 12.2 Å². The summed E-state index contributed by atoms with van der Waals surface area (Å²) < 4.78 is 0. The van der Waals surface area contributed by atoms with Gasteiger partial charge >= 0.3 is 6.03 Å². The predicted molar refractivity (Wildman–Crippen MR) is 166 cm³/mol. The maximum absolute atomic E-state index is 14.2. The maximum atomic E-state index is 14.2. The van der Waals surface area contributed by atoms with Crippen LogP contribution in [-0.2, 0) is 29.1 Å². The summed E-state index contributed by atoms with van der Waals surface area (Å²) in [6.45, 7) is 0.484. The Balaban J connectivity index is 1.51. The van der Waals surface area contributed by atoms with Crippen molar-refractivity contribution in [3.63, 3.8) is 0 Å². The summed E-state index contributed by atoms with van der Waals surface area (Å²) in [4.78, 5) is 46.5. The molecule has 2 atom stereocenters. The van der Waals surface area contributed by atoms with Crippen molar-refractivity contribution in [2.75, 3.05) is 39.1 Å². The summed E-state index contributed by atoms with van der Waals surface area (Å²) in [6.07, 6.45) is -0.558. The highest BCUT2D eigenvalue weighted by molar-refractivity contribution is 6.36. The second kappa shape index (κ2) is 12.7. The number of phenols is 1. The number of fused-ring (bicyclic) bond motifs is 1. The fourth-order valence-electron chi connectivity index (χ4n) is 5.80. The van der Waals surface area contributed by atoms with Gasteiger partial charge in [-0.3, -0.25) is 9.59 Å². The third kappa shape index (κ3) is 6.51. The number of halogens is 2. The topological polar surface area (TPSA) is 99.7 Å². The highest BCUT2D eigenvalue weighted by Crippen LogP contribution is 2.35. The molecule has 2 fully saturated rings. The van der Waals surface area contributed by atoms with Gasteiger partial charge in [0.25, 0.3) is 0 Å². The number of nitrogens with zero attached hydrogens (tertiary/aromatic N) is 5. The molecule has 226 valence electrons. The van der Waals surface area contributed by atoms with Gasteiger partial charge in [-0.1, -0.05) is 65.7 Å². The monoisotopic (exact) mass is 624 g/mol. The molecule has 0 spiro atoms. The summed E-state index contributed by atoms with van der Waals surface area (Å²) in [5, 5.41) is 16.8. The van der Waals surface area contributed by atoms with E-state index in [1.54, 1.807) is 53.4 Å². The second-order valence-corrected chi connectivity index (χ2v) is 11.8. The number of hydrogen-bond donors (Lipinski definition) is 2. The van der Waals surface area contributed by atoms with E-state index in [0.29, 0.717) is 16.6 Å². The average molecular weight is 626 g/mol. The van der Waals surface area contributed by atoms with Gasteiger partial charge in [0.2, 0.25) is 11.8 Å². The van der Waals surface area contributed by atoms with E-state index in [2.05, 4.69) is 5.32 Å². The molecule has 10 nitrogen and oxygen atoms in total. The van der Waals surface area contributed by atoms with Crippen LogP contribution in [0.2, 0.25) is 10.0 Å². The Hall–Kier alpha value is -3.99. The van der Waals surface area contributed by atoms with Gasteiger partial charge in [-0.15, -0.1) is 0 Å². The number of piperazine rings is 1. The number of benzene rings is 3. The van der Waals surface area contributed by atoms with Crippen molar-refractivity contribution in [3.8, 4) is 5.75 Å². The van der Waals surface area contributed by atoms with Gasteiger partial charge in [0, 0.05) is 45.7 Å². The van der Waals surface area contributed by atoms with E-state index in [9.17, 15) is 19.5 Å². The molecule has 2 saturated heterocycles. The molecule has 2 aliphatic rings. The third-order valence-electron chi connectivity index (χ3n) is 7.72. The maximum Gasteiger partial charge on any atom is 0.334 e. The first kappa shape index (κ1) is 30.5.